The molecule has 0 saturated carbocycles. The molecule has 1 amide bonds. The molecule has 0 saturated heterocycles. The normalized spacial score (nSPS) is 12.1. The van der Waals surface area contributed by atoms with Gasteiger partial charge in [0.2, 0.25) is 5.91 Å². The van der Waals surface area contributed by atoms with Crippen LogP contribution in [0.2, 0.25) is 0 Å². The summed E-state index contributed by atoms with van der Waals surface area (Å²) >= 11 is 3.10. The first kappa shape index (κ1) is 15.1. The molecule has 1 aromatic heterocycles. The quantitative estimate of drug-likeness (QED) is 0.825. The molecular formula is C15H18N2OS2. The lowest BCUT2D eigenvalue weighted by Crippen LogP contribution is -2.31. The highest BCUT2D eigenvalue weighted by Crippen LogP contribution is 2.30. The Hall–Kier alpha value is -1.33. The topological polar surface area (TPSA) is 42.0 Å². The minimum absolute atomic E-state index is 0.0771. The van der Waals surface area contributed by atoms with Gasteiger partial charge in [0.25, 0.3) is 0 Å². The molecule has 1 N–H and O–H groups in total. The Kier molecular flexibility index (Phi) is 5.61. The van der Waals surface area contributed by atoms with Crippen LogP contribution in [-0.2, 0) is 4.79 Å². The van der Waals surface area contributed by atoms with Crippen LogP contribution in [0.15, 0.2) is 40.1 Å². The number of thioether (sulfide) groups is 1. The molecule has 2 aromatic rings. The van der Waals surface area contributed by atoms with Crippen LogP contribution in [0.4, 0.5) is 0 Å². The predicted molar refractivity (Wildman–Crippen MR) is 86.2 cm³/mol. The van der Waals surface area contributed by atoms with Crippen LogP contribution in [0.1, 0.15) is 20.3 Å². The van der Waals surface area contributed by atoms with Gasteiger partial charge in [0.05, 0.1) is 10.9 Å². The van der Waals surface area contributed by atoms with Gasteiger partial charge in [-0.1, -0.05) is 49.0 Å². The molecule has 0 fully saturated rings. The second kappa shape index (κ2) is 7.45. The van der Waals surface area contributed by atoms with Gasteiger partial charge in [-0.05, 0) is 13.3 Å². The molecule has 2 rings (SSSR count). The van der Waals surface area contributed by atoms with Crippen molar-refractivity contribution in [3.8, 4) is 11.3 Å². The van der Waals surface area contributed by atoms with Gasteiger partial charge in [0, 0.05) is 17.5 Å². The number of nitrogens with zero attached hydrogens (tertiary/aromatic N) is 1. The summed E-state index contributed by atoms with van der Waals surface area (Å²) in [6, 6.07) is 10.1. The average molecular weight is 306 g/mol. The van der Waals surface area contributed by atoms with Crippen molar-refractivity contribution >= 4 is 29.0 Å². The lowest BCUT2D eigenvalue weighted by atomic mass is 10.2. The van der Waals surface area contributed by atoms with Crippen LogP contribution in [0.3, 0.4) is 0 Å². The second-order valence-electron chi connectivity index (χ2n) is 4.42. The van der Waals surface area contributed by atoms with Gasteiger partial charge in [-0.3, -0.25) is 4.79 Å². The second-order valence-corrected chi connectivity index (χ2v) is 6.86. The van der Waals surface area contributed by atoms with Crippen LogP contribution in [0.25, 0.3) is 11.3 Å². The highest BCUT2D eigenvalue weighted by molar-refractivity contribution is 8.02. The van der Waals surface area contributed by atoms with Gasteiger partial charge in [-0.25, -0.2) is 4.98 Å². The Bertz CT molecular complexity index is 554. The molecule has 0 aliphatic rings. The fourth-order valence-electron chi connectivity index (χ4n) is 1.65. The molecule has 0 aliphatic heterocycles. The molecule has 0 aliphatic carbocycles. The lowest BCUT2D eigenvalue weighted by molar-refractivity contribution is -0.120. The number of amides is 1. The molecule has 1 unspecified atom stereocenters. The summed E-state index contributed by atoms with van der Waals surface area (Å²) in [4.78, 5) is 16.4. The summed E-state index contributed by atoms with van der Waals surface area (Å²) in [5, 5.41) is 4.83. The number of hydrogen-bond donors (Lipinski definition) is 1. The highest BCUT2D eigenvalue weighted by Gasteiger charge is 2.16. The monoisotopic (exact) mass is 306 g/mol. The minimum atomic E-state index is -0.115. The van der Waals surface area contributed by atoms with Crippen molar-refractivity contribution in [2.24, 2.45) is 0 Å². The van der Waals surface area contributed by atoms with E-state index in [-0.39, 0.29) is 11.2 Å². The third kappa shape index (κ3) is 4.08. The van der Waals surface area contributed by atoms with Crippen molar-refractivity contribution in [2.75, 3.05) is 6.54 Å². The Balaban J connectivity index is 1.98. The number of nitrogens with one attached hydrogen (secondary N) is 1. The molecule has 1 heterocycles. The van der Waals surface area contributed by atoms with Crippen LogP contribution < -0.4 is 5.32 Å². The number of carbonyl (C=O) groups is 1. The number of thiazole rings is 1. The highest BCUT2D eigenvalue weighted by atomic mass is 32.2. The molecule has 106 valence electrons. The van der Waals surface area contributed by atoms with Gasteiger partial charge < -0.3 is 5.32 Å². The van der Waals surface area contributed by atoms with E-state index in [0.717, 1.165) is 28.6 Å². The molecule has 0 spiro atoms. The number of benzene rings is 1. The van der Waals surface area contributed by atoms with E-state index in [0.29, 0.717) is 0 Å². The number of carbonyl (C=O) groups excluding carboxylic acids is 1. The first-order valence-corrected chi connectivity index (χ1v) is 8.42. The summed E-state index contributed by atoms with van der Waals surface area (Å²) in [6.45, 7) is 4.70. The van der Waals surface area contributed by atoms with E-state index >= 15 is 0 Å². The lowest BCUT2D eigenvalue weighted by Gasteiger charge is -2.09. The molecule has 1 aromatic carbocycles. The van der Waals surface area contributed by atoms with E-state index in [4.69, 9.17) is 0 Å². The summed E-state index contributed by atoms with van der Waals surface area (Å²) in [5.41, 5.74) is 2.08. The molecule has 0 radical (unpaired) electrons. The SMILES string of the molecule is CCCNC(=O)C(C)Sc1nc(-c2ccccc2)cs1. The van der Waals surface area contributed by atoms with Crippen molar-refractivity contribution in [2.45, 2.75) is 29.9 Å². The van der Waals surface area contributed by atoms with E-state index in [1.807, 2.05) is 49.6 Å². The molecule has 3 nitrogen and oxygen atoms in total. The van der Waals surface area contributed by atoms with Crippen molar-refractivity contribution in [3.63, 3.8) is 0 Å². The molecule has 0 bridgehead atoms. The molecular weight excluding hydrogens is 288 g/mol. The fourth-order valence-corrected chi connectivity index (χ4v) is 3.65. The zero-order valence-electron chi connectivity index (χ0n) is 11.6. The summed E-state index contributed by atoms with van der Waals surface area (Å²) in [5.74, 6) is 0.0771. The maximum Gasteiger partial charge on any atom is 0.233 e. The van der Waals surface area contributed by atoms with Gasteiger partial charge >= 0.3 is 0 Å². The van der Waals surface area contributed by atoms with Crippen LogP contribution >= 0.6 is 23.1 Å². The Morgan fingerprint density at radius 2 is 2.15 bits per heavy atom. The molecule has 1 atom stereocenters. The van der Waals surface area contributed by atoms with Gasteiger partial charge in [-0.15, -0.1) is 11.3 Å². The smallest absolute Gasteiger partial charge is 0.233 e. The summed E-state index contributed by atoms with van der Waals surface area (Å²) in [6.07, 6.45) is 0.957. The minimum Gasteiger partial charge on any atom is -0.355 e. The summed E-state index contributed by atoms with van der Waals surface area (Å²) < 4.78 is 0.933. The fraction of sp³-hybridized carbons (Fsp3) is 0.333. The van der Waals surface area contributed by atoms with Crippen molar-refractivity contribution in [1.82, 2.24) is 10.3 Å². The number of aromatic nitrogens is 1. The van der Waals surface area contributed by atoms with E-state index in [2.05, 4.69) is 10.3 Å². The van der Waals surface area contributed by atoms with Crippen molar-refractivity contribution < 1.29 is 4.79 Å². The maximum absolute atomic E-state index is 11.8. The van der Waals surface area contributed by atoms with Crippen molar-refractivity contribution in [1.29, 1.82) is 0 Å². The molecule has 20 heavy (non-hydrogen) atoms. The van der Waals surface area contributed by atoms with Gasteiger partial charge in [0.15, 0.2) is 4.34 Å². The Morgan fingerprint density at radius 1 is 1.40 bits per heavy atom. The molecule has 5 heteroatoms. The Morgan fingerprint density at radius 3 is 2.85 bits per heavy atom. The van der Waals surface area contributed by atoms with Crippen LogP contribution in [0.5, 0.6) is 0 Å². The largest absolute Gasteiger partial charge is 0.355 e. The first-order valence-electron chi connectivity index (χ1n) is 6.66. The first-order chi connectivity index (χ1) is 9.70. The Labute approximate surface area is 127 Å². The third-order valence-electron chi connectivity index (χ3n) is 2.75. The van der Waals surface area contributed by atoms with E-state index in [9.17, 15) is 4.79 Å². The number of hydrogen-bond acceptors (Lipinski definition) is 4. The van der Waals surface area contributed by atoms with E-state index in [1.165, 1.54) is 11.8 Å². The van der Waals surface area contributed by atoms with Crippen molar-refractivity contribution in [3.05, 3.63) is 35.7 Å². The summed E-state index contributed by atoms with van der Waals surface area (Å²) in [7, 11) is 0. The van der Waals surface area contributed by atoms with Crippen LogP contribution in [0, 0.1) is 0 Å². The zero-order valence-corrected chi connectivity index (χ0v) is 13.3. The van der Waals surface area contributed by atoms with Gasteiger partial charge in [-0.2, -0.15) is 0 Å². The zero-order chi connectivity index (χ0) is 14.4. The third-order valence-corrected chi connectivity index (χ3v) is 4.82. The van der Waals surface area contributed by atoms with Crippen LogP contribution in [-0.4, -0.2) is 22.7 Å². The number of rotatable bonds is 6. The van der Waals surface area contributed by atoms with E-state index < -0.39 is 0 Å². The van der Waals surface area contributed by atoms with E-state index in [1.54, 1.807) is 11.3 Å². The van der Waals surface area contributed by atoms with Gasteiger partial charge in [0.1, 0.15) is 0 Å². The predicted octanol–water partition coefficient (Wildman–Crippen LogP) is 3.82. The standard InChI is InChI=1S/C15H18N2OS2/c1-3-9-16-14(18)11(2)20-15-17-13(10-19-15)12-7-5-4-6-8-12/h4-8,10-11H,3,9H2,1-2H3,(H,16,18). The maximum atomic E-state index is 11.8. The average Bonchev–Trinajstić information content (AvgIpc) is 2.94.